The van der Waals surface area contributed by atoms with E-state index in [4.69, 9.17) is 17.0 Å². The second kappa shape index (κ2) is 12.9. The molecule has 4 aromatic rings. The van der Waals surface area contributed by atoms with Gasteiger partial charge in [0.1, 0.15) is 0 Å². The van der Waals surface area contributed by atoms with E-state index < -0.39 is 37.6 Å². The monoisotopic (exact) mass is 801 g/mol. The Morgan fingerprint density at radius 2 is 0.917 bits per heavy atom. The number of hydrogen-bond donors (Lipinski definition) is 0. The second-order valence-corrected chi connectivity index (χ2v) is 69.3. The first-order valence-corrected chi connectivity index (χ1v) is 41.3. The van der Waals surface area contributed by atoms with Crippen molar-refractivity contribution < 1.29 is 15.6 Å². The molecule has 2 unspecified atom stereocenters. The number of benzene rings is 4. The Morgan fingerprint density at radius 1 is 0.562 bits per heavy atom. The van der Waals surface area contributed by atoms with Crippen molar-refractivity contribution in [1.82, 2.24) is 0 Å². The third-order valence-electron chi connectivity index (χ3n) is 11.4. The van der Waals surface area contributed by atoms with Gasteiger partial charge >= 0.3 is 304 Å². The molecule has 2 atom stereocenters. The first kappa shape index (κ1) is 36.3. The van der Waals surface area contributed by atoms with Gasteiger partial charge in [-0.3, -0.25) is 0 Å². The normalized spacial score (nSPS) is 18.6. The van der Waals surface area contributed by atoms with E-state index in [1.165, 1.54) is 66.0 Å². The molecule has 0 N–H and O–H groups in total. The summed E-state index contributed by atoms with van der Waals surface area (Å²) >= 11 is -4.78. The molecule has 0 heterocycles. The molecule has 0 bridgehead atoms. The number of halogens is 2. The Kier molecular flexibility index (Phi) is 9.75. The molecule has 0 spiro atoms. The van der Waals surface area contributed by atoms with E-state index in [0.29, 0.717) is 0 Å². The van der Waals surface area contributed by atoms with Gasteiger partial charge in [-0.2, -0.15) is 0 Å². The Bertz CT molecular complexity index is 1790. The van der Waals surface area contributed by atoms with E-state index >= 15 is 0 Å². The summed E-state index contributed by atoms with van der Waals surface area (Å²) in [7, 11) is 14.5. The third-order valence-corrected chi connectivity index (χ3v) is 67.4. The van der Waals surface area contributed by atoms with Crippen LogP contribution in [0.25, 0.3) is 34.4 Å². The average molecular weight is 804 g/mol. The molecule has 6 rings (SSSR count). The Morgan fingerprint density at radius 3 is 1.21 bits per heavy atom. The summed E-state index contributed by atoms with van der Waals surface area (Å²) in [5.74, 6) is -1.61. The molecule has 6 heteroatoms. The van der Waals surface area contributed by atoms with Crippen molar-refractivity contribution in [2.75, 3.05) is 0 Å². The van der Waals surface area contributed by atoms with Crippen molar-refractivity contribution in [3.05, 3.63) is 118 Å². The molecule has 48 heavy (non-hydrogen) atoms. The van der Waals surface area contributed by atoms with E-state index in [-0.39, 0.29) is 7.25 Å². The molecule has 0 aliphatic heterocycles. The molecule has 0 fully saturated rings. The van der Waals surface area contributed by atoms with Gasteiger partial charge in [-0.15, -0.1) is 0 Å². The molecular formula is C42H53Cl2Si3Zr. The summed E-state index contributed by atoms with van der Waals surface area (Å²) in [6, 6.07) is 32.6. The minimum absolute atomic E-state index is 0.119. The average Bonchev–Trinajstić information content (AvgIpc) is 3.64. The van der Waals surface area contributed by atoms with Crippen LogP contribution in [0.1, 0.15) is 56.2 Å². The SMILES string of the molecule is CCC1=Cc2c(-c3ccc([Si](C)(C)C)cc3)cccc2[CH]1[Zr]([Cl])([Cl])([CH]1C(CC)=Cc2c(-c3ccc([Si](C)(C)C)cc3)cccc21)[SiH](C)C. The van der Waals surface area contributed by atoms with Gasteiger partial charge in [0.05, 0.1) is 0 Å². The molecule has 0 radical (unpaired) electrons. The van der Waals surface area contributed by atoms with E-state index in [1.54, 1.807) is 0 Å². The molecule has 0 amide bonds. The fraction of sp³-hybridized carbons (Fsp3) is 0.333. The van der Waals surface area contributed by atoms with Crippen molar-refractivity contribution in [2.24, 2.45) is 0 Å². The van der Waals surface area contributed by atoms with Gasteiger partial charge in [0.15, 0.2) is 0 Å². The Balaban J connectivity index is 1.51. The van der Waals surface area contributed by atoms with Crippen LogP contribution in [0.15, 0.2) is 96.1 Å². The molecule has 2 aliphatic carbocycles. The predicted octanol–water partition coefficient (Wildman–Crippen LogP) is 12.5. The quantitative estimate of drug-likeness (QED) is 0.148. The predicted molar refractivity (Wildman–Crippen MR) is 222 cm³/mol. The van der Waals surface area contributed by atoms with Crippen molar-refractivity contribution in [2.45, 2.75) is 86.3 Å². The van der Waals surface area contributed by atoms with E-state index in [9.17, 15) is 0 Å². The third kappa shape index (κ3) is 5.99. The number of allylic oxidation sites excluding steroid dienone is 2. The van der Waals surface area contributed by atoms with Crippen molar-refractivity contribution in [3.8, 4) is 22.3 Å². The first-order chi connectivity index (χ1) is 22.5. The number of rotatable bonds is 9. The van der Waals surface area contributed by atoms with Gasteiger partial charge in [-0.1, -0.05) is 0 Å². The van der Waals surface area contributed by atoms with Gasteiger partial charge in [0.25, 0.3) is 0 Å². The van der Waals surface area contributed by atoms with Crippen LogP contribution in [0.3, 0.4) is 0 Å². The van der Waals surface area contributed by atoms with Crippen LogP contribution in [-0.4, -0.2) is 22.1 Å². The molecule has 2 aliphatic rings. The summed E-state index contributed by atoms with van der Waals surface area (Å²) in [4.78, 5) is 0. The van der Waals surface area contributed by atoms with Crippen molar-refractivity contribution in [1.29, 1.82) is 0 Å². The van der Waals surface area contributed by atoms with Gasteiger partial charge in [-0.05, 0) is 0 Å². The molecular weight excluding hydrogens is 751 g/mol. The standard InChI is InChI=1S/2C20H23Si.C2H7Si.2ClH.Zr/c2*1-5-15-13-17-7-6-8-19(20(17)14-15)16-9-11-18(12-10-16)21(2,3)4;1-3-2;;;/h2*6-14H,5H2,1-4H3;3H,1-2H3;2*1H;/q;;;;;+2/p-2. The Hall–Kier alpha value is -1.53. The number of hydrogen-bond acceptors (Lipinski definition) is 0. The zero-order chi connectivity index (χ0) is 34.8. The zero-order valence-corrected chi connectivity index (χ0v) is 37.8. The molecule has 251 valence electrons. The molecule has 4 aromatic carbocycles. The zero-order valence-electron chi connectivity index (χ0n) is 30.6. The van der Waals surface area contributed by atoms with Crippen LogP contribution in [-0.2, 0) is 15.6 Å². The van der Waals surface area contributed by atoms with Crippen LogP contribution in [0.2, 0.25) is 52.4 Å². The van der Waals surface area contributed by atoms with Crippen LogP contribution in [0.4, 0.5) is 0 Å². The minimum atomic E-state index is -4.78. The maximum atomic E-state index is 8.65. The summed E-state index contributed by atoms with van der Waals surface area (Å²) < 4.78 is 0.237. The maximum absolute atomic E-state index is 8.65. The summed E-state index contributed by atoms with van der Waals surface area (Å²) in [5, 5.41) is 2.99. The van der Waals surface area contributed by atoms with Gasteiger partial charge < -0.3 is 0 Å². The molecule has 0 saturated heterocycles. The molecule has 0 nitrogen and oxygen atoms in total. The second-order valence-electron chi connectivity index (χ2n) is 16.7. The van der Waals surface area contributed by atoms with E-state index in [0.717, 1.165) is 12.8 Å². The van der Waals surface area contributed by atoms with Gasteiger partial charge in [0.2, 0.25) is 0 Å². The summed E-state index contributed by atoms with van der Waals surface area (Å²) in [6.07, 6.45) is 6.90. The van der Waals surface area contributed by atoms with Crippen LogP contribution < -0.4 is 10.4 Å². The van der Waals surface area contributed by atoms with Gasteiger partial charge in [0, 0.05) is 0 Å². The van der Waals surface area contributed by atoms with Crippen LogP contribution in [0, 0.1) is 0 Å². The first-order valence-electron chi connectivity index (χ1n) is 18.0. The fourth-order valence-corrected chi connectivity index (χ4v) is 42.6. The van der Waals surface area contributed by atoms with E-state index in [2.05, 4.69) is 163 Å². The van der Waals surface area contributed by atoms with Gasteiger partial charge in [-0.25, -0.2) is 0 Å². The fourth-order valence-electron chi connectivity index (χ4n) is 8.48. The van der Waals surface area contributed by atoms with Crippen molar-refractivity contribution in [3.63, 3.8) is 0 Å². The molecule has 0 saturated carbocycles. The molecule has 0 aromatic heterocycles. The Labute approximate surface area is 301 Å². The van der Waals surface area contributed by atoms with E-state index in [1.807, 2.05) is 0 Å². The van der Waals surface area contributed by atoms with Crippen molar-refractivity contribution >= 4 is 61.6 Å². The van der Waals surface area contributed by atoms with Crippen LogP contribution in [0.5, 0.6) is 0 Å². The number of fused-ring (bicyclic) bond motifs is 2. The van der Waals surface area contributed by atoms with Crippen LogP contribution >= 0.6 is 17.0 Å². The summed E-state index contributed by atoms with van der Waals surface area (Å²) in [6.45, 7) is 24.0. The summed E-state index contributed by atoms with van der Waals surface area (Å²) in [5.41, 5.74) is 13.5. The topological polar surface area (TPSA) is 0 Å².